The number of rotatable bonds is 9. The zero-order chi connectivity index (χ0) is 10.8. The molecular weight excluding hydrogens is 178 g/mol. The Morgan fingerprint density at radius 3 is 2.43 bits per heavy atom. The quantitative estimate of drug-likeness (QED) is 0.582. The molecule has 0 heterocycles. The second-order valence-corrected chi connectivity index (χ2v) is 3.61. The lowest BCUT2D eigenvalue weighted by molar-refractivity contribution is 0.00143. The van der Waals surface area contributed by atoms with Gasteiger partial charge in [0.2, 0.25) is 0 Å². The molecule has 0 aromatic rings. The number of unbranched alkanes of at least 4 members (excludes halogenated alkanes) is 1. The maximum absolute atomic E-state index is 5.81. The van der Waals surface area contributed by atoms with Gasteiger partial charge in [-0.15, -0.1) is 0 Å². The van der Waals surface area contributed by atoms with Gasteiger partial charge >= 0.3 is 0 Å². The maximum Gasteiger partial charge on any atom is 0.0704 e. The van der Waals surface area contributed by atoms with Gasteiger partial charge in [-0.25, -0.2) is 0 Å². The average molecular weight is 203 g/mol. The molecule has 0 aliphatic carbocycles. The van der Waals surface area contributed by atoms with E-state index in [1.165, 1.54) is 6.42 Å². The average Bonchev–Trinajstić information content (AvgIpc) is 2.21. The SMILES string of the molecule is CCCCOCCOC(C)C(N)CC. The molecule has 0 aromatic carbocycles. The van der Waals surface area contributed by atoms with Crippen molar-refractivity contribution in [2.75, 3.05) is 19.8 Å². The van der Waals surface area contributed by atoms with E-state index in [9.17, 15) is 0 Å². The first-order valence-corrected chi connectivity index (χ1v) is 5.67. The minimum absolute atomic E-state index is 0.134. The molecule has 3 nitrogen and oxygen atoms in total. The van der Waals surface area contributed by atoms with E-state index >= 15 is 0 Å². The summed E-state index contributed by atoms with van der Waals surface area (Å²) < 4.78 is 10.9. The molecule has 2 N–H and O–H groups in total. The van der Waals surface area contributed by atoms with E-state index in [-0.39, 0.29) is 12.1 Å². The van der Waals surface area contributed by atoms with Crippen molar-refractivity contribution >= 4 is 0 Å². The van der Waals surface area contributed by atoms with Crippen molar-refractivity contribution in [2.45, 2.75) is 52.2 Å². The molecule has 2 atom stereocenters. The summed E-state index contributed by atoms with van der Waals surface area (Å²) in [6.45, 7) is 8.41. The van der Waals surface area contributed by atoms with Crippen molar-refractivity contribution in [3.8, 4) is 0 Å². The Kier molecular flexibility index (Phi) is 9.35. The van der Waals surface area contributed by atoms with Crippen LogP contribution in [-0.4, -0.2) is 32.0 Å². The van der Waals surface area contributed by atoms with Crippen LogP contribution in [0.15, 0.2) is 0 Å². The largest absolute Gasteiger partial charge is 0.379 e. The molecule has 0 aliphatic heterocycles. The summed E-state index contributed by atoms with van der Waals surface area (Å²) in [6.07, 6.45) is 3.40. The highest BCUT2D eigenvalue weighted by Crippen LogP contribution is 1.99. The van der Waals surface area contributed by atoms with Crippen molar-refractivity contribution in [1.82, 2.24) is 0 Å². The first kappa shape index (κ1) is 13.9. The predicted molar refractivity (Wildman–Crippen MR) is 59.4 cm³/mol. The summed E-state index contributed by atoms with van der Waals surface area (Å²) in [4.78, 5) is 0. The fraction of sp³-hybridized carbons (Fsp3) is 1.00. The van der Waals surface area contributed by atoms with Gasteiger partial charge in [0.25, 0.3) is 0 Å². The van der Waals surface area contributed by atoms with Crippen molar-refractivity contribution in [3.63, 3.8) is 0 Å². The van der Waals surface area contributed by atoms with Crippen molar-refractivity contribution in [3.05, 3.63) is 0 Å². The molecule has 2 unspecified atom stereocenters. The first-order valence-electron chi connectivity index (χ1n) is 5.67. The van der Waals surface area contributed by atoms with Gasteiger partial charge < -0.3 is 15.2 Å². The first-order chi connectivity index (χ1) is 6.72. The highest BCUT2D eigenvalue weighted by molar-refractivity contribution is 4.66. The number of ether oxygens (including phenoxy) is 2. The van der Waals surface area contributed by atoms with Gasteiger partial charge in [-0.1, -0.05) is 20.3 Å². The number of nitrogens with two attached hydrogens (primary N) is 1. The maximum atomic E-state index is 5.81. The third-order valence-electron chi connectivity index (χ3n) is 2.32. The molecular formula is C11H25NO2. The Bertz CT molecular complexity index is 120. The molecule has 0 aliphatic rings. The molecule has 0 saturated carbocycles. The van der Waals surface area contributed by atoms with E-state index in [1.54, 1.807) is 0 Å². The number of hydrogen-bond donors (Lipinski definition) is 1. The van der Waals surface area contributed by atoms with E-state index in [0.717, 1.165) is 19.4 Å². The fourth-order valence-corrected chi connectivity index (χ4v) is 1.10. The van der Waals surface area contributed by atoms with Crippen molar-refractivity contribution in [2.24, 2.45) is 5.73 Å². The smallest absolute Gasteiger partial charge is 0.0704 e. The number of hydrogen-bond acceptors (Lipinski definition) is 3. The predicted octanol–water partition coefficient (Wildman–Crippen LogP) is 1.95. The van der Waals surface area contributed by atoms with Crippen molar-refractivity contribution < 1.29 is 9.47 Å². The Morgan fingerprint density at radius 2 is 1.86 bits per heavy atom. The Hall–Kier alpha value is -0.120. The fourth-order valence-electron chi connectivity index (χ4n) is 1.10. The normalized spacial score (nSPS) is 15.4. The lowest BCUT2D eigenvalue weighted by Crippen LogP contribution is -2.34. The highest BCUT2D eigenvalue weighted by atomic mass is 16.5. The highest BCUT2D eigenvalue weighted by Gasteiger charge is 2.09. The van der Waals surface area contributed by atoms with E-state index < -0.39 is 0 Å². The summed E-state index contributed by atoms with van der Waals surface area (Å²) in [7, 11) is 0. The molecule has 0 radical (unpaired) electrons. The van der Waals surface area contributed by atoms with E-state index in [1.807, 2.05) is 6.92 Å². The molecule has 3 heteroatoms. The zero-order valence-corrected chi connectivity index (χ0v) is 9.79. The van der Waals surface area contributed by atoms with Gasteiger partial charge in [-0.3, -0.25) is 0 Å². The van der Waals surface area contributed by atoms with Gasteiger partial charge in [0.05, 0.1) is 19.3 Å². The second kappa shape index (κ2) is 9.44. The third kappa shape index (κ3) is 7.30. The third-order valence-corrected chi connectivity index (χ3v) is 2.32. The summed E-state index contributed by atoms with van der Waals surface area (Å²) in [5, 5.41) is 0. The van der Waals surface area contributed by atoms with Gasteiger partial charge in [-0.2, -0.15) is 0 Å². The minimum atomic E-state index is 0.134. The lowest BCUT2D eigenvalue weighted by atomic mass is 10.1. The molecule has 0 spiro atoms. The van der Waals surface area contributed by atoms with Gasteiger partial charge in [0.1, 0.15) is 0 Å². The molecule has 0 saturated heterocycles. The van der Waals surface area contributed by atoms with Crippen LogP contribution in [0.1, 0.15) is 40.0 Å². The molecule has 0 bridgehead atoms. The lowest BCUT2D eigenvalue weighted by Gasteiger charge is -2.18. The van der Waals surface area contributed by atoms with E-state index in [2.05, 4.69) is 13.8 Å². The van der Waals surface area contributed by atoms with Crippen molar-refractivity contribution in [1.29, 1.82) is 0 Å². The van der Waals surface area contributed by atoms with Crippen LogP contribution in [0.4, 0.5) is 0 Å². The second-order valence-electron chi connectivity index (χ2n) is 3.61. The topological polar surface area (TPSA) is 44.5 Å². The molecule has 0 aromatic heterocycles. The van der Waals surface area contributed by atoms with Crippen LogP contribution in [0.5, 0.6) is 0 Å². The van der Waals surface area contributed by atoms with Crippen LogP contribution in [0.2, 0.25) is 0 Å². The van der Waals surface area contributed by atoms with Crippen LogP contribution in [-0.2, 0) is 9.47 Å². The van der Waals surface area contributed by atoms with Crippen LogP contribution in [0.3, 0.4) is 0 Å². The summed E-state index contributed by atoms with van der Waals surface area (Å²) in [5.41, 5.74) is 5.81. The molecule has 0 fully saturated rings. The molecule has 86 valence electrons. The molecule has 0 rings (SSSR count). The monoisotopic (exact) mass is 203 g/mol. The Morgan fingerprint density at radius 1 is 1.14 bits per heavy atom. The van der Waals surface area contributed by atoms with Crippen LogP contribution >= 0.6 is 0 Å². The Balaban J connectivity index is 3.18. The van der Waals surface area contributed by atoms with Gasteiger partial charge in [0, 0.05) is 12.6 Å². The Labute approximate surface area is 88.0 Å². The zero-order valence-electron chi connectivity index (χ0n) is 9.79. The standard InChI is InChI=1S/C11H25NO2/c1-4-6-7-13-8-9-14-10(3)11(12)5-2/h10-11H,4-9,12H2,1-3H3. The van der Waals surface area contributed by atoms with Crippen LogP contribution in [0, 0.1) is 0 Å². The molecule has 14 heavy (non-hydrogen) atoms. The van der Waals surface area contributed by atoms with Crippen LogP contribution < -0.4 is 5.73 Å². The van der Waals surface area contributed by atoms with E-state index in [0.29, 0.717) is 13.2 Å². The van der Waals surface area contributed by atoms with Gasteiger partial charge in [0.15, 0.2) is 0 Å². The summed E-state index contributed by atoms with van der Waals surface area (Å²) in [5.74, 6) is 0. The van der Waals surface area contributed by atoms with Crippen LogP contribution in [0.25, 0.3) is 0 Å². The minimum Gasteiger partial charge on any atom is -0.379 e. The van der Waals surface area contributed by atoms with E-state index in [4.69, 9.17) is 15.2 Å². The van der Waals surface area contributed by atoms with Gasteiger partial charge in [-0.05, 0) is 19.8 Å². The molecule has 0 amide bonds. The summed E-state index contributed by atoms with van der Waals surface area (Å²) in [6, 6.07) is 0.144. The summed E-state index contributed by atoms with van der Waals surface area (Å²) >= 11 is 0.